The Balaban J connectivity index is 4.34. The van der Waals surface area contributed by atoms with Crippen molar-refractivity contribution in [2.24, 2.45) is 5.73 Å². The van der Waals surface area contributed by atoms with Crippen molar-refractivity contribution in [3.05, 3.63) is 35.7 Å². The van der Waals surface area contributed by atoms with E-state index in [2.05, 4.69) is 24.1 Å². The van der Waals surface area contributed by atoms with E-state index in [0.717, 1.165) is 17.0 Å². The Morgan fingerprint density at radius 3 is 2.55 bits per heavy atom. The SMILES string of the molecule is C=C(/C=C(C)\C(N)=C/C)NS. The molecule has 2 nitrogen and oxygen atoms in total. The zero-order valence-corrected chi connectivity index (χ0v) is 7.78. The van der Waals surface area contributed by atoms with Gasteiger partial charge in [-0.15, -0.1) is 0 Å². The summed E-state index contributed by atoms with van der Waals surface area (Å²) < 4.78 is 2.62. The highest BCUT2D eigenvalue weighted by Crippen LogP contribution is 2.04. The average molecular weight is 170 g/mol. The molecule has 0 aliphatic carbocycles. The van der Waals surface area contributed by atoms with E-state index in [1.54, 1.807) is 0 Å². The highest BCUT2D eigenvalue weighted by atomic mass is 32.1. The smallest absolute Gasteiger partial charge is 0.0369 e. The van der Waals surface area contributed by atoms with Crippen molar-refractivity contribution in [3.63, 3.8) is 0 Å². The van der Waals surface area contributed by atoms with Crippen LogP contribution in [-0.2, 0) is 0 Å². The number of allylic oxidation sites excluding steroid dienone is 3. The van der Waals surface area contributed by atoms with Crippen molar-refractivity contribution in [2.75, 3.05) is 0 Å². The van der Waals surface area contributed by atoms with Gasteiger partial charge in [-0.1, -0.05) is 25.5 Å². The lowest BCUT2D eigenvalue weighted by molar-refractivity contribution is 1.23. The number of rotatable bonds is 3. The summed E-state index contributed by atoms with van der Waals surface area (Å²) >= 11 is 3.83. The number of thiol groups is 1. The van der Waals surface area contributed by atoms with Crippen LogP contribution < -0.4 is 10.5 Å². The van der Waals surface area contributed by atoms with E-state index in [1.165, 1.54) is 0 Å². The molecule has 62 valence electrons. The molecule has 0 aliphatic heterocycles. The van der Waals surface area contributed by atoms with Crippen LogP contribution in [0.5, 0.6) is 0 Å². The molecule has 0 fully saturated rings. The van der Waals surface area contributed by atoms with E-state index in [9.17, 15) is 0 Å². The van der Waals surface area contributed by atoms with Gasteiger partial charge in [-0.2, -0.15) is 0 Å². The molecule has 0 heterocycles. The first-order valence-corrected chi connectivity index (χ1v) is 3.76. The minimum absolute atomic E-state index is 0.732. The third-order valence-corrected chi connectivity index (χ3v) is 1.59. The van der Waals surface area contributed by atoms with Crippen LogP contribution in [0.25, 0.3) is 0 Å². The van der Waals surface area contributed by atoms with Gasteiger partial charge < -0.3 is 10.5 Å². The Labute approximate surface area is 73.4 Å². The first kappa shape index (κ1) is 10.2. The summed E-state index contributed by atoms with van der Waals surface area (Å²) in [5, 5.41) is 0. The molecule has 0 saturated heterocycles. The van der Waals surface area contributed by atoms with Crippen LogP contribution in [0.15, 0.2) is 35.7 Å². The van der Waals surface area contributed by atoms with Crippen LogP contribution in [0.4, 0.5) is 0 Å². The van der Waals surface area contributed by atoms with Gasteiger partial charge in [0, 0.05) is 11.4 Å². The summed E-state index contributed by atoms with van der Waals surface area (Å²) in [6.45, 7) is 7.50. The molecule has 0 aromatic carbocycles. The third kappa shape index (κ3) is 3.78. The molecule has 0 saturated carbocycles. The van der Waals surface area contributed by atoms with Gasteiger partial charge in [0.05, 0.1) is 0 Å². The second-order valence-corrected chi connectivity index (χ2v) is 2.43. The van der Waals surface area contributed by atoms with Crippen LogP contribution in [0, 0.1) is 0 Å². The zero-order chi connectivity index (χ0) is 8.85. The molecule has 0 aromatic rings. The van der Waals surface area contributed by atoms with Gasteiger partial charge in [-0.05, 0) is 25.5 Å². The van der Waals surface area contributed by atoms with Gasteiger partial charge in [0.25, 0.3) is 0 Å². The molecule has 0 unspecified atom stereocenters. The Bertz CT molecular complexity index is 204. The van der Waals surface area contributed by atoms with Crippen LogP contribution in [0.2, 0.25) is 0 Å². The van der Waals surface area contributed by atoms with Gasteiger partial charge in [0.15, 0.2) is 0 Å². The molecular formula is C8H14N2S. The summed E-state index contributed by atoms with van der Waals surface area (Å²) in [4.78, 5) is 0. The first-order valence-electron chi connectivity index (χ1n) is 3.31. The van der Waals surface area contributed by atoms with Gasteiger partial charge in [-0.3, -0.25) is 0 Å². The number of nitrogens with one attached hydrogen (secondary N) is 1. The van der Waals surface area contributed by atoms with Gasteiger partial charge >= 0.3 is 0 Å². The molecule has 3 heteroatoms. The van der Waals surface area contributed by atoms with E-state index in [-0.39, 0.29) is 0 Å². The standard InChI is InChI=1S/C8H14N2S/c1-4-8(9)6(2)5-7(3)10-11/h4-5,10-11H,3,9H2,1-2H3/b6-5-,8-4+. The maximum Gasteiger partial charge on any atom is 0.0369 e. The van der Waals surface area contributed by atoms with Crippen molar-refractivity contribution in [3.8, 4) is 0 Å². The van der Waals surface area contributed by atoms with E-state index < -0.39 is 0 Å². The first-order chi connectivity index (χ1) is 5.11. The van der Waals surface area contributed by atoms with Crippen LogP contribution in [0.3, 0.4) is 0 Å². The molecule has 0 amide bonds. The predicted octanol–water partition coefficient (Wildman–Crippen LogP) is 1.74. The fraction of sp³-hybridized carbons (Fsp3) is 0.250. The lowest BCUT2D eigenvalue weighted by Crippen LogP contribution is -2.00. The van der Waals surface area contributed by atoms with Crippen LogP contribution in [-0.4, -0.2) is 0 Å². The maximum atomic E-state index is 5.62. The molecule has 0 aromatic heterocycles. The minimum atomic E-state index is 0.732. The molecule has 0 radical (unpaired) electrons. The van der Waals surface area contributed by atoms with Gasteiger partial charge in [0.2, 0.25) is 0 Å². The summed E-state index contributed by atoms with van der Waals surface area (Å²) in [5.74, 6) is 0. The summed E-state index contributed by atoms with van der Waals surface area (Å²) in [5.41, 5.74) is 8.09. The van der Waals surface area contributed by atoms with Crippen LogP contribution in [0.1, 0.15) is 13.8 Å². The lowest BCUT2D eigenvalue weighted by atomic mass is 10.2. The van der Waals surface area contributed by atoms with Gasteiger partial charge in [0.1, 0.15) is 0 Å². The number of nitrogens with two attached hydrogens (primary N) is 1. The Morgan fingerprint density at radius 1 is 1.64 bits per heavy atom. The summed E-state index contributed by atoms with van der Waals surface area (Å²) in [6.07, 6.45) is 3.68. The topological polar surface area (TPSA) is 38.0 Å². The number of hydrogen-bond donors (Lipinski definition) is 3. The van der Waals surface area contributed by atoms with Crippen molar-refractivity contribution < 1.29 is 0 Å². The predicted molar refractivity (Wildman–Crippen MR) is 53.0 cm³/mol. The quantitative estimate of drug-likeness (QED) is 0.446. The monoisotopic (exact) mass is 170 g/mol. The summed E-state index contributed by atoms with van der Waals surface area (Å²) in [7, 11) is 0. The normalized spacial score (nSPS) is 13.0. The van der Waals surface area contributed by atoms with Crippen molar-refractivity contribution in [2.45, 2.75) is 13.8 Å². The number of hydrogen-bond acceptors (Lipinski definition) is 3. The molecule has 0 rings (SSSR count). The summed E-state index contributed by atoms with van der Waals surface area (Å²) in [6, 6.07) is 0. The Morgan fingerprint density at radius 2 is 2.18 bits per heavy atom. The van der Waals surface area contributed by atoms with E-state index in [1.807, 2.05) is 26.0 Å². The average Bonchev–Trinajstić information content (AvgIpc) is 2.02. The molecule has 0 atom stereocenters. The van der Waals surface area contributed by atoms with E-state index >= 15 is 0 Å². The molecule has 0 bridgehead atoms. The van der Waals surface area contributed by atoms with E-state index in [4.69, 9.17) is 5.73 Å². The second kappa shape index (κ2) is 4.91. The maximum absolute atomic E-state index is 5.62. The van der Waals surface area contributed by atoms with Crippen LogP contribution >= 0.6 is 12.8 Å². The molecular weight excluding hydrogens is 156 g/mol. The largest absolute Gasteiger partial charge is 0.399 e. The fourth-order valence-electron chi connectivity index (χ4n) is 0.605. The molecule has 0 spiro atoms. The fourth-order valence-corrected chi connectivity index (χ4v) is 0.669. The third-order valence-electron chi connectivity index (χ3n) is 1.30. The highest BCUT2D eigenvalue weighted by Gasteiger charge is 1.91. The molecule has 3 N–H and O–H groups in total. The zero-order valence-electron chi connectivity index (χ0n) is 6.89. The highest BCUT2D eigenvalue weighted by molar-refractivity contribution is 7.78. The Hall–Kier alpha value is -0.830. The second-order valence-electron chi connectivity index (χ2n) is 2.21. The van der Waals surface area contributed by atoms with Crippen molar-refractivity contribution in [1.29, 1.82) is 0 Å². The van der Waals surface area contributed by atoms with Crippen molar-refractivity contribution in [1.82, 2.24) is 4.72 Å². The molecule has 11 heavy (non-hydrogen) atoms. The minimum Gasteiger partial charge on any atom is -0.399 e. The van der Waals surface area contributed by atoms with Crippen molar-refractivity contribution >= 4 is 12.8 Å². The van der Waals surface area contributed by atoms with E-state index in [0.29, 0.717) is 0 Å². The van der Waals surface area contributed by atoms with Gasteiger partial charge in [-0.25, -0.2) is 0 Å². The molecule has 0 aliphatic rings. The Kier molecular flexibility index (Phi) is 4.54. The lowest BCUT2D eigenvalue weighted by Gasteiger charge is -2.01.